The summed E-state index contributed by atoms with van der Waals surface area (Å²) in [6, 6.07) is 10.1. The van der Waals surface area contributed by atoms with E-state index in [0.29, 0.717) is 17.1 Å². The summed E-state index contributed by atoms with van der Waals surface area (Å²) < 4.78 is 16.2. The Bertz CT molecular complexity index is 780. The minimum atomic E-state index is -0.322. The molecule has 0 aliphatic carbocycles. The van der Waals surface area contributed by atoms with E-state index in [1.807, 2.05) is 29.8 Å². The second kappa shape index (κ2) is 4.35. The zero-order chi connectivity index (χ0) is 13.6. The van der Waals surface area contributed by atoms with Crippen molar-refractivity contribution in [3.63, 3.8) is 0 Å². The molecule has 0 aliphatic rings. The number of rotatable bonds is 1. The van der Waals surface area contributed by atoms with Gasteiger partial charge in [0.05, 0.1) is 11.0 Å². The van der Waals surface area contributed by atoms with Crippen LogP contribution in [0.15, 0.2) is 40.9 Å². The highest BCUT2D eigenvalue weighted by Gasteiger charge is 2.13. The number of anilines is 1. The minimum Gasteiger partial charge on any atom is -0.398 e. The van der Waals surface area contributed by atoms with Crippen molar-refractivity contribution in [3.05, 3.63) is 46.7 Å². The van der Waals surface area contributed by atoms with E-state index >= 15 is 0 Å². The lowest BCUT2D eigenvalue weighted by atomic mass is 10.1. The van der Waals surface area contributed by atoms with E-state index in [1.165, 1.54) is 12.1 Å². The first-order valence-electron chi connectivity index (χ1n) is 5.73. The van der Waals surface area contributed by atoms with Crippen LogP contribution >= 0.6 is 15.9 Å². The van der Waals surface area contributed by atoms with E-state index in [1.54, 1.807) is 6.07 Å². The normalized spacial score (nSPS) is 11.1. The zero-order valence-corrected chi connectivity index (χ0v) is 11.8. The third-order valence-corrected chi connectivity index (χ3v) is 3.59. The fourth-order valence-corrected chi connectivity index (χ4v) is 2.49. The molecule has 2 aromatic carbocycles. The van der Waals surface area contributed by atoms with Crippen LogP contribution in [0.3, 0.4) is 0 Å². The molecule has 0 spiro atoms. The van der Waals surface area contributed by atoms with Crippen molar-refractivity contribution in [2.24, 2.45) is 7.05 Å². The van der Waals surface area contributed by atoms with Crippen LogP contribution in [0.2, 0.25) is 0 Å². The van der Waals surface area contributed by atoms with E-state index in [2.05, 4.69) is 20.9 Å². The maximum absolute atomic E-state index is 13.4. The molecule has 0 aliphatic heterocycles. The van der Waals surface area contributed by atoms with Gasteiger partial charge in [0.2, 0.25) is 0 Å². The molecule has 96 valence electrons. The fraction of sp³-hybridized carbons (Fsp3) is 0.0714. The minimum absolute atomic E-state index is 0.322. The van der Waals surface area contributed by atoms with Crippen LogP contribution in [0, 0.1) is 5.82 Å². The van der Waals surface area contributed by atoms with Gasteiger partial charge < -0.3 is 10.3 Å². The molecule has 3 nitrogen and oxygen atoms in total. The van der Waals surface area contributed by atoms with Gasteiger partial charge in [-0.1, -0.05) is 15.9 Å². The van der Waals surface area contributed by atoms with Crippen molar-refractivity contribution in [3.8, 4) is 11.4 Å². The summed E-state index contributed by atoms with van der Waals surface area (Å²) >= 11 is 3.41. The molecule has 5 heteroatoms. The molecule has 0 saturated heterocycles. The number of nitrogens with zero attached hydrogens (tertiary/aromatic N) is 2. The lowest BCUT2D eigenvalue weighted by molar-refractivity contribution is 0.628. The predicted octanol–water partition coefficient (Wildman–Crippen LogP) is 3.72. The molecule has 0 amide bonds. The van der Waals surface area contributed by atoms with Gasteiger partial charge in [-0.15, -0.1) is 0 Å². The number of benzene rings is 2. The molecule has 0 saturated carbocycles. The van der Waals surface area contributed by atoms with Crippen molar-refractivity contribution in [1.29, 1.82) is 0 Å². The Hall–Kier alpha value is -1.88. The average Bonchev–Trinajstić information content (AvgIpc) is 2.69. The van der Waals surface area contributed by atoms with E-state index in [4.69, 9.17) is 5.73 Å². The Morgan fingerprint density at radius 1 is 1.21 bits per heavy atom. The quantitative estimate of drug-likeness (QED) is 0.695. The number of halogens is 2. The maximum Gasteiger partial charge on any atom is 0.143 e. The molecule has 0 unspecified atom stereocenters. The number of hydrogen-bond acceptors (Lipinski definition) is 2. The first-order chi connectivity index (χ1) is 9.06. The molecule has 19 heavy (non-hydrogen) atoms. The van der Waals surface area contributed by atoms with Crippen LogP contribution in [0.5, 0.6) is 0 Å². The maximum atomic E-state index is 13.4. The summed E-state index contributed by atoms with van der Waals surface area (Å²) in [6.45, 7) is 0. The van der Waals surface area contributed by atoms with Gasteiger partial charge in [-0.3, -0.25) is 0 Å². The summed E-state index contributed by atoms with van der Waals surface area (Å²) in [4.78, 5) is 4.53. The van der Waals surface area contributed by atoms with Crippen LogP contribution in [-0.2, 0) is 7.05 Å². The first-order valence-corrected chi connectivity index (χ1v) is 6.53. The molecule has 3 rings (SSSR count). The number of fused-ring (bicyclic) bond motifs is 1. The van der Waals surface area contributed by atoms with E-state index in [9.17, 15) is 4.39 Å². The van der Waals surface area contributed by atoms with Crippen LogP contribution in [0.4, 0.5) is 10.1 Å². The van der Waals surface area contributed by atoms with Crippen LogP contribution < -0.4 is 5.73 Å². The number of hydrogen-bond donors (Lipinski definition) is 1. The molecule has 2 N–H and O–H groups in total. The van der Waals surface area contributed by atoms with Gasteiger partial charge in [0.15, 0.2) is 0 Å². The highest BCUT2D eigenvalue weighted by atomic mass is 79.9. The largest absolute Gasteiger partial charge is 0.398 e. The molecular weight excluding hydrogens is 309 g/mol. The Morgan fingerprint density at radius 2 is 2.00 bits per heavy atom. The monoisotopic (exact) mass is 319 g/mol. The highest BCUT2D eigenvalue weighted by molar-refractivity contribution is 9.10. The number of aromatic nitrogens is 2. The van der Waals surface area contributed by atoms with E-state index in [0.717, 1.165) is 15.5 Å². The van der Waals surface area contributed by atoms with Crippen LogP contribution in [0.25, 0.3) is 22.4 Å². The SMILES string of the molecule is Cn1c(-c2cc(F)ccc2N)nc2cc(Br)ccc21. The van der Waals surface area contributed by atoms with Crippen molar-refractivity contribution >= 4 is 32.7 Å². The smallest absolute Gasteiger partial charge is 0.143 e. The second-order valence-electron chi connectivity index (χ2n) is 4.36. The first kappa shape index (κ1) is 12.2. The number of imidazole rings is 1. The summed E-state index contributed by atoms with van der Waals surface area (Å²) in [5, 5.41) is 0. The number of nitrogens with two attached hydrogens (primary N) is 1. The van der Waals surface area contributed by atoms with Crippen molar-refractivity contribution in [2.45, 2.75) is 0 Å². The van der Waals surface area contributed by atoms with Crippen molar-refractivity contribution in [1.82, 2.24) is 9.55 Å². The van der Waals surface area contributed by atoms with Crippen molar-refractivity contribution in [2.75, 3.05) is 5.73 Å². The Balaban J connectivity index is 2.30. The van der Waals surface area contributed by atoms with Gasteiger partial charge in [0.25, 0.3) is 0 Å². The molecule has 1 heterocycles. The molecule has 0 radical (unpaired) electrons. The summed E-state index contributed by atoms with van der Waals surface area (Å²) in [5.41, 5.74) is 8.85. The van der Waals surface area contributed by atoms with Gasteiger partial charge in [0, 0.05) is 22.8 Å². The standard InChI is InChI=1S/C14H11BrFN3/c1-19-13-5-2-8(15)6-12(13)18-14(19)10-7-9(16)3-4-11(10)17/h2-7H,17H2,1H3. The fourth-order valence-electron chi connectivity index (χ4n) is 2.14. The van der Waals surface area contributed by atoms with Gasteiger partial charge in [0.1, 0.15) is 11.6 Å². The third-order valence-electron chi connectivity index (χ3n) is 3.10. The van der Waals surface area contributed by atoms with Gasteiger partial charge in [-0.05, 0) is 36.4 Å². The topological polar surface area (TPSA) is 43.8 Å². The lowest BCUT2D eigenvalue weighted by Crippen LogP contribution is -1.97. The summed E-state index contributed by atoms with van der Waals surface area (Å²) in [5.74, 6) is 0.336. The molecule has 0 fully saturated rings. The van der Waals surface area contributed by atoms with Gasteiger partial charge in [-0.2, -0.15) is 0 Å². The second-order valence-corrected chi connectivity index (χ2v) is 5.27. The number of nitrogen functional groups attached to an aromatic ring is 1. The lowest BCUT2D eigenvalue weighted by Gasteiger charge is -2.06. The van der Waals surface area contributed by atoms with E-state index in [-0.39, 0.29) is 5.82 Å². The van der Waals surface area contributed by atoms with Gasteiger partial charge in [-0.25, -0.2) is 9.37 Å². The average molecular weight is 320 g/mol. The summed E-state index contributed by atoms with van der Waals surface area (Å²) in [7, 11) is 1.89. The summed E-state index contributed by atoms with van der Waals surface area (Å²) in [6.07, 6.45) is 0. The number of aryl methyl sites for hydroxylation is 1. The highest BCUT2D eigenvalue weighted by Crippen LogP contribution is 2.29. The predicted molar refractivity (Wildman–Crippen MR) is 78.2 cm³/mol. The Morgan fingerprint density at radius 3 is 2.79 bits per heavy atom. The zero-order valence-electron chi connectivity index (χ0n) is 10.2. The van der Waals surface area contributed by atoms with Crippen LogP contribution in [-0.4, -0.2) is 9.55 Å². The third kappa shape index (κ3) is 2.00. The van der Waals surface area contributed by atoms with Crippen molar-refractivity contribution < 1.29 is 4.39 Å². The molecule has 1 aromatic heterocycles. The van der Waals surface area contributed by atoms with Crippen LogP contribution in [0.1, 0.15) is 0 Å². The molecule has 0 bridgehead atoms. The molecular formula is C14H11BrFN3. The Kier molecular flexibility index (Phi) is 2.78. The van der Waals surface area contributed by atoms with Gasteiger partial charge >= 0.3 is 0 Å². The molecule has 0 atom stereocenters. The Labute approximate surface area is 118 Å². The molecule has 3 aromatic rings. The van der Waals surface area contributed by atoms with E-state index < -0.39 is 0 Å².